The minimum atomic E-state index is -0.342. The van der Waals surface area contributed by atoms with Crippen molar-refractivity contribution in [2.24, 2.45) is 18.1 Å². The van der Waals surface area contributed by atoms with Gasteiger partial charge in [-0.15, -0.1) is 0 Å². The largest absolute Gasteiger partial charge is 0.279 e. The molecular formula is C20H17FN4O2. The topological polar surface area (TPSA) is 67.6 Å². The number of hydrogen-bond donors (Lipinski definition) is 0. The summed E-state index contributed by atoms with van der Waals surface area (Å²) in [6, 6.07) is 12.9. The Kier molecular flexibility index (Phi) is 4.07. The maximum atomic E-state index is 13.2. The highest BCUT2D eigenvalue weighted by Crippen LogP contribution is 2.24. The maximum Gasteiger partial charge on any atom is 0.262 e. The normalized spacial score (nSPS) is 17.3. The lowest BCUT2D eigenvalue weighted by atomic mass is 9.96. The van der Waals surface area contributed by atoms with E-state index in [9.17, 15) is 14.0 Å². The Labute approximate surface area is 154 Å². The van der Waals surface area contributed by atoms with Gasteiger partial charge in [-0.1, -0.05) is 31.2 Å². The highest BCUT2D eigenvalue weighted by molar-refractivity contribution is 6.09. The molecule has 136 valence electrons. The summed E-state index contributed by atoms with van der Waals surface area (Å²) in [6.07, 6.45) is 0.433. The number of amides is 1. The van der Waals surface area contributed by atoms with Gasteiger partial charge >= 0.3 is 0 Å². The number of carbonyl (C=O) groups is 1. The Morgan fingerprint density at radius 3 is 2.52 bits per heavy atom. The van der Waals surface area contributed by atoms with Crippen molar-refractivity contribution in [3.8, 4) is 0 Å². The van der Waals surface area contributed by atoms with Crippen LogP contribution in [0.5, 0.6) is 0 Å². The number of benzene rings is 2. The number of halogens is 1. The Hall–Kier alpha value is -3.35. The average molecular weight is 364 g/mol. The Bertz CT molecular complexity index is 1130. The number of aromatic nitrogens is 2. The van der Waals surface area contributed by atoms with Crippen molar-refractivity contribution in [3.63, 3.8) is 0 Å². The molecule has 3 aromatic rings. The molecule has 1 atom stereocenters. The number of fused-ring (bicyclic) bond motifs is 1. The van der Waals surface area contributed by atoms with Crippen LogP contribution in [0.25, 0.3) is 10.9 Å². The smallest absolute Gasteiger partial charge is 0.262 e. The predicted octanol–water partition coefficient (Wildman–Crippen LogP) is 2.85. The average Bonchev–Trinajstić information content (AvgIpc) is 2.67. The third-order valence-electron chi connectivity index (χ3n) is 4.68. The molecule has 1 amide bonds. The van der Waals surface area contributed by atoms with Crippen molar-refractivity contribution in [1.29, 1.82) is 0 Å². The molecule has 0 saturated heterocycles. The molecule has 2 heterocycles. The summed E-state index contributed by atoms with van der Waals surface area (Å²) in [5, 5.41) is 6.11. The van der Waals surface area contributed by atoms with Crippen LogP contribution in [0.4, 0.5) is 10.3 Å². The van der Waals surface area contributed by atoms with Crippen LogP contribution in [0.1, 0.15) is 18.9 Å². The molecule has 6 nitrogen and oxygen atoms in total. The minimum Gasteiger partial charge on any atom is -0.279 e. The molecule has 0 radical (unpaired) electrons. The van der Waals surface area contributed by atoms with Gasteiger partial charge in [0.25, 0.3) is 11.5 Å². The number of para-hydroxylation sites is 1. The summed E-state index contributed by atoms with van der Waals surface area (Å²) in [5.74, 6) is -0.755. The van der Waals surface area contributed by atoms with Crippen molar-refractivity contribution in [1.82, 2.24) is 9.55 Å². The van der Waals surface area contributed by atoms with Crippen LogP contribution in [0.2, 0.25) is 0 Å². The van der Waals surface area contributed by atoms with Crippen molar-refractivity contribution in [2.75, 3.05) is 5.01 Å². The molecule has 1 aromatic heterocycles. The first-order chi connectivity index (χ1) is 13.0. The van der Waals surface area contributed by atoms with Crippen LogP contribution < -0.4 is 10.6 Å². The van der Waals surface area contributed by atoms with E-state index in [1.165, 1.54) is 21.7 Å². The molecule has 7 heteroatoms. The lowest BCUT2D eigenvalue weighted by Gasteiger charge is -2.28. The van der Waals surface area contributed by atoms with Gasteiger partial charge in [-0.05, 0) is 29.8 Å². The highest BCUT2D eigenvalue weighted by Gasteiger charge is 2.31. The number of hydrogen-bond acceptors (Lipinski definition) is 4. The minimum absolute atomic E-state index is 0.162. The standard InChI is InChI=1S/C20H17FN4O2/c1-12-11-17(13-7-9-14(21)10-8-13)23-25(18(12)26)20-22-16-6-4-3-5-15(16)19(27)24(20)2/h3-10,12H,11H2,1-2H3. The van der Waals surface area contributed by atoms with E-state index in [4.69, 9.17) is 0 Å². The fourth-order valence-corrected chi connectivity index (χ4v) is 3.15. The zero-order valence-corrected chi connectivity index (χ0v) is 14.9. The summed E-state index contributed by atoms with van der Waals surface area (Å²) < 4.78 is 14.6. The molecule has 0 spiro atoms. The van der Waals surface area contributed by atoms with E-state index in [-0.39, 0.29) is 29.1 Å². The van der Waals surface area contributed by atoms with E-state index in [1.807, 2.05) is 0 Å². The molecule has 1 aliphatic heterocycles. The highest BCUT2D eigenvalue weighted by atomic mass is 19.1. The Morgan fingerprint density at radius 2 is 1.78 bits per heavy atom. The van der Waals surface area contributed by atoms with Crippen LogP contribution >= 0.6 is 0 Å². The van der Waals surface area contributed by atoms with Gasteiger partial charge in [-0.3, -0.25) is 14.2 Å². The molecule has 1 unspecified atom stereocenters. The number of hydrazone groups is 1. The summed E-state index contributed by atoms with van der Waals surface area (Å²) in [6.45, 7) is 1.80. The lowest BCUT2D eigenvalue weighted by Crippen LogP contribution is -2.41. The van der Waals surface area contributed by atoms with Crippen LogP contribution in [0.15, 0.2) is 58.4 Å². The summed E-state index contributed by atoms with van der Waals surface area (Å²) in [7, 11) is 1.57. The summed E-state index contributed by atoms with van der Waals surface area (Å²) in [4.78, 5) is 29.9. The molecular weight excluding hydrogens is 347 g/mol. The Morgan fingerprint density at radius 1 is 1.07 bits per heavy atom. The zero-order valence-electron chi connectivity index (χ0n) is 14.9. The van der Waals surface area contributed by atoms with Gasteiger partial charge in [0.2, 0.25) is 5.95 Å². The molecule has 0 saturated carbocycles. The quantitative estimate of drug-likeness (QED) is 0.702. The second kappa shape index (κ2) is 6.42. The monoisotopic (exact) mass is 364 g/mol. The van der Waals surface area contributed by atoms with Crippen molar-refractivity contribution < 1.29 is 9.18 Å². The number of rotatable bonds is 2. The lowest BCUT2D eigenvalue weighted by molar-refractivity contribution is -0.122. The van der Waals surface area contributed by atoms with Gasteiger partial charge < -0.3 is 0 Å². The van der Waals surface area contributed by atoms with E-state index in [0.29, 0.717) is 23.0 Å². The first kappa shape index (κ1) is 17.1. The van der Waals surface area contributed by atoms with Gasteiger partial charge in [-0.2, -0.15) is 10.1 Å². The maximum absolute atomic E-state index is 13.2. The summed E-state index contributed by atoms with van der Waals surface area (Å²) in [5.41, 5.74) is 1.62. The predicted molar refractivity (Wildman–Crippen MR) is 101 cm³/mol. The van der Waals surface area contributed by atoms with Crippen molar-refractivity contribution in [2.45, 2.75) is 13.3 Å². The van der Waals surface area contributed by atoms with Gasteiger partial charge in [0.05, 0.1) is 16.6 Å². The van der Waals surface area contributed by atoms with Crippen LogP contribution in [0, 0.1) is 11.7 Å². The van der Waals surface area contributed by atoms with E-state index >= 15 is 0 Å². The second-order valence-corrected chi connectivity index (χ2v) is 6.60. The van der Waals surface area contributed by atoms with Crippen LogP contribution in [-0.4, -0.2) is 21.2 Å². The van der Waals surface area contributed by atoms with Crippen molar-refractivity contribution >= 4 is 28.5 Å². The van der Waals surface area contributed by atoms with E-state index in [0.717, 1.165) is 5.56 Å². The molecule has 0 aliphatic carbocycles. The molecule has 27 heavy (non-hydrogen) atoms. The van der Waals surface area contributed by atoms with Gasteiger partial charge in [-0.25, -0.2) is 9.37 Å². The van der Waals surface area contributed by atoms with Gasteiger partial charge in [0.1, 0.15) is 5.82 Å². The number of anilines is 1. The first-order valence-electron chi connectivity index (χ1n) is 8.59. The Balaban J connectivity index is 1.88. The van der Waals surface area contributed by atoms with Gasteiger partial charge in [0, 0.05) is 19.4 Å². The third-order valence-corrected chi connectivity index (χ3v) is 4.68. The van der Waals surface area contributed by atoms with Crippen LogP contribution in [-0.2, 0) is 11.8 Å². The molecule has 0 fully saturated rings. The molecule has 1 aliphatic rings. The van der Waals surface area contributed by atoms with Crippen molar-refractivity contribution in [3.05, 3.63) is 70.3 Å². The molecule has 2 aromatic carbocycles. The third kappa shape index (κ3) is 2.91. The number of nitrogens with zero attached hydrogens (tertiary/aromatic N) is 4. The van der Waals surface area contributed by atoms with E-state index < -0.39 is 0 Å². The van der Waals surface area contributed by atoms with Crippen LogP contribution in [0.3, 0.4) is 0 Å². The molecule has 4 rings (SSSR count). The second-order valence-electron chi connectivity index (χ2n) is 6.60. The van der Waals surface area contributed by atoms with Gasteiger partial charge in [0.15, 0.2) is 0 Å². The SMILES string of the molecule is CC1CC(c2ccc(F)cc2)=NN(c2nc3ccccc3c(=O)n2C)C1=O. The molecule has 0 bridgehead atoms. The number of carbonyl (C=O) groups excluding carboxylic acids is 1. The molecule has 0 N–H and O–H groups in total. The van der Waals surface area contributed by atoms with E-state index in [2.05, 4.69) is 10.1 Å². The van der Waals surface area contributed by atoms with E-state index in [1.54, 1.807) is 50.4 Å². The first-order valence-corrected chi connectivity index (χ1v) is 8.59. The zero-order chi connectivity index (χ0) is 19.1. The fourth-order valence-electron chi connectivity index (χ4n) is 3.15. The fraction of sp³-hybridized carbons (Fsp3) is 0.200. The summed E-state index contributed by atoms with van der Waals surface area (Å²) >= 11 is 0.